The van der Waals surface area contributed by atoms with Crippen LogP contribution in [0.15, 0.2) is 53.9 Å². The van der Waals surface area contributed by atoms with Crippen LogP contribution in [0.3, 0.4) is 0 Å². The van der Waals surface area contributed by atoms with Gasteiger partial charge in [-0.05, 0) is 57.0 Å². The van der Waals surface area contributed by atoms with Crippen LogP contribution in [0.1, 0.15) is 43.1 Å². The predicted octanol–water partition coefficient (Wildman–Crippen LogP) is 3.89. The molecule has 1 saturated carbocycles. The van der Waals surface area contributed by atoms with E-state index in [2.05, 4.69) is 25.1 Å². The Bertz CT molecular complexity index is 1090. The van der Waals surface area contributed by atoms with E-state index in [0.29, 0.717) is 30.4 Å². The van der Waals surface area contributed by atoms with Crippen LogP contribution >= 0.6 is 11.8 Å². The maximum absolute atomic E-state index is 12.6. The molecule has 2 heterocycles. The van der Waals surface area contributed by atoms with Gasteiger partial charge in [0.05, 0.1) is 5.75 Å². The number of thioether (sulfide) groups is 1. The van der Waals surface area contributed by atoms with E-state index in [9.17, 15) is 9.59 Å². The summed E-state index contributed by atoms with van der Waals surface area (Å²) in [4.78, 5) is 31.1. The summed E-state index contributed by atoms with van der Waals surface area (Å²) in [5.41, 5.74) is 2.08. The SMILES string of the molecule is CCN(CC)C(=O)c1cccc(NC(=O)CSc2nnc(-c3cccnc3)n2C2CC2)c1. The monoisotopic (exact) mass is 450 g/mol. The molecule has 4 rings (SSSR count). The van der Waals surface area contributed by atoms with Crippen LogP contribution in [0, 0.1) is 0 Å². The number of carbonyl (C=O) groups excluding carboxylic acids is 2. The summed E-state index contributed by atoms with van der Waals surface area (Å²) >= 11 is 1.36. The normalized spacial score (nSPS) is 13.1. The summed E-state index contributed by atoms with van der Waals surface area (Å²) in [6.45, 7) is 5.19. The Hall–Kier alpha value is -3.20. The minimum Gasteiger partial charge on any atom is -0.339 e. The third kappa shape index (κ3) is 4.99. The molecule has 1 N–H and O–H groups in total. The van der Waals surface area contributed by atoms with Gasteiger partial charge < -0.3 is 10.2 Å². The number of nitrogens with one attached hydrogen (secondary N) is 1. The van der Waals surface area contributed by atoms with E-state index < -0.39 is 0 Å². The third-order valence-electron chi connectivity index (χ3n) is 5.27. The van der Waals surface area contributed by atoms with E-state index in [0.717, 1.165) is 29.4 Å². The number of aromatic nitrogens is 4. The Morgan fingerprint density at radius 1 is 1.16 bits per heavy atom. The quantitative estimate of drug-likeness (QED) is 0.497. The minimum atomic E-state index is -0.157. The first-order valence-electron chi connectivity index (χ1n) is 10.8. The summed E-state index contributed by atoms with van der Waals surface area (Å²) < 4.78 is 2.11. The van der Waals surface area contributed by atoms with Crippen LogP contribution in [-0.4, -0.2) is 55.3 Å². The molecule has 1 aliphatic rings. The molecule has 0 aliphatic heterocycles. The van der Waals surface area contributed by atoms with Gasteiger partial charge in [-0.15, -0.1) is 10.2 Å². The van der Waals surface area contributed by atoms with Crippen LogP contribution in [0.25, 0.3) is 11.4 Å². The number of hydrogen-bond donors (Lipinski definition) is 1. The third-order valence-corrected chi connectivity index (χ3v) is 6.22. The highest BCUT2D eigenvalue weighted by Crippen LogP contribution is 2.40. The first-order chi connectivity index (χ1) is 15.6. The summed E-state index contributed by atoms with van der Waals surface area (Å²) in [6.07, 6.45) is 5.67. The molecule has 0 saturated heterocycles. The number of amides is 2. The molecular formula is C23H26N6O2S. The van der Waals surface area contributed by atoms with Crippen molar-refractivity contribution in [2.75, 3.05) is 24.2 Å². The zero-order valence-corrected chi connectivity index (χ0v) is 19.0. The molecule has 0 atom stereocenters. The summed E-state index contributed by atoms with van der Waals surface area (Å²) in [5.74, 6) is 0.786. The molecule has 9 heteroatoms. The fourth-order valence-corrected chi connectivity index (χ4v) is 4.29. The van der Waals surface area contributed by atoms with E-state index in [1.54, 1.807) is 41.6 Å². The second-order valence-corrected chi connectivity index (χ2v) is 8.49. The predicted molar refractivity (Wildman–Crippen MR) is 125 cm³/mol. The molecule has 2 amide bonds. The number of benzene rings is 1. The van der Waals surface area contributed by atoms with E-state index in [4.69, 9.17) is 0 Å². The van der Waals surface area contributed by atoms with Crippen molar-refractivity contribution in [3.63, 3.8) is 0 Å². The number of pyridine rings is 1. The Kier molecular flexibility index (Phi) is 6.84. The lowest BCUT2D eigenvalue weighted by atomic mass is 10.1. The molecule has 2 aromatic heterocycles. The summed E-state index contributed by atoms with van der Waals surface area (Å²) in [6, 6.07) is 11.3. The van der Waals surface area contributed by atoms with Gasteiger partial charge in [0.1, 0.15) is 0 Å². The fourth-order valence-electron chi connectivity index (χ4n) is 3.48. The van der Waals surface area contributed by atoms with Crippen LogP contribution in [-0.2, 0) is 4.79 Å². The highest BCUT2D eigenvalue weighted by atomic mass is 32.2. The van der Waals surface area contributed by atoms with Crippen LogP contribution in [0.2, 0.25) is 0 Å². The Balaban J connectivity index is 1.42. The first kappa shape index (κ1) is 22.0. The molecule has 3 aromatic rings. The molecule has 0 spiro atoms. The van der Waals surface area contributed by atoms with Crippen molar-refractivity contribution in [3.8, 4) is 11.4 Å². The zero-order valence-electron chi connectivity index (χ0n) is 18.2. The van der Waals surface area contributed by atoms with Gasteiger partial charge >= 0.3 is 0 Å². The molecule has 1 aliphatic carbocycles. The van der Waals surface area contributed by atoms with Crippen LogP contribution in [0.5, 0.6) is 0 Å². The average molecular weight is 451 g/mol. The maximum Gasteiger partial charge on any atom is 0.253 e. The first-order valence-corrected chi connectivity index (χ1v) is 11.8. The maximum atomic E-state index is 12.6. The van der Waals surface area contributed by atoms with Gasteiger partial charge in [0.2, 0.25) is 5.91 Å². The smallest absolute Gasteiger partial charge is 0.253 e. The lowest BCUT2D eigenvalue weighted by molar-refractivity contribution is -0.113. The Morgan fingerprint density at radius 2 is 1.97 bits per heavy atom. The van der Waals surface area contributed by atoms with Crippen molar-refractivity contribution in [1.82, 2.24) is 24.6 Å². The molecule has 32 heavy (non-hydrogen) atoms. The topological polar surface area (TPSA) is 93.0 Å². The van der Waals surface area contributed by atoms with Crippen molar-refractivity contribution in [1.29, 1.82) is 0 Å². The van der Waals surface area contributed by atoms with E-state index >= 15 is 0 Å². The van der Waals surface area contributed by atoms with Crippen molar-refractivity contribution < 1.29 is 9.59 Å². The number of hydrogen-bond acceptors (Lipinski definition) is 6. The van der Waals surface area contributed by atoms with Crippen molar-refractivity contribution in [2.45, 2.75) is 37.9 Å². The number of rotatable bonds is 9. The van der Waals surface area contributed by atoms with E-state index in [1.807, 2.05) is 26.0 Å². The highest BCUT2D eigenvalue weighted by molar-refractivity contribution is 7.99. The van der Waals surface area contributed by atoms with Gasteiger partial charge in [-0.25, -0.2) is 0 Å². The second kappa shape index (κ2) is 9.95. The van der Waals surface area contributed by atoms with Crippen molar-refractivity contribution >= 4 is 29.3 Å². The lowest BCUT2D eigenvalue weighted by Gasteiger charge is -2.19. The van der Waals surface area contributed by atoms with E-state index in [1.165, 1.54) is 11.8 Å². The number of carbonyl (C=O) groups is 2. The second-order valence-electron chi connectivity index (χ2n) is 7.54. The Labute approximate surface area is 191 Å². The molecule has 0 unspecified atom stereocenters. The lowest BCUT2D eigenvalue weighted by Crippen LogP contribution is -2.30. The number of nitrogens with zero attached hydrogens (tertiary/aromatic N) is 5. The zero-order chi connectivity index (χ0) is 22.5. The van der Waals surface area contributed by atoms with Gasteiger partial charge in [-0.1, -0.05) is 17.8 Å². The highest BCUT2D eigenvalue weighted by Gasteiger charge is 2.30. The Morgan fingerprint density at radius 3 is 2.66 bits per heavy atom. The molecule has 166 valence electrons. The van der Waals surface area contributed by atoms with Crippen LogP contribution < -0.4 is 5.32 Å². The fraction of sp³-hybridized carbons (Fsp3) is 0.348. The molecule has 1 aromatic carbocycles. The molecular weight excluding hydrogens is 424 g/mol. The van der Waals surface area contributed by atoms with Gasteiger partial charge in [0.25, 0.3) is 5.91 Å². The molecule has 1 fully saturated rings. The molecule has 0 bridgehead atoms. The average Bonchev–Trinajstić information content (AvgIpc) is 3.57. The molecule has 0 radical (unpaired) electrons. The molecule has 8 nitrogen and oxygen atoms in total. The van der Waals surface area contributed by atoms with Gasteiger partial charge in [0.15, 0.2) is 11.0 Å². The standard InChI is InChI=1S/C23H26N6O2S/c1-3-28(4-2)22(31)16-7-5-9-18(13-16)25-20(30)15-32-23-27-26-21(29(23)19-10-11-19)17-8-6-12-24-14-17/h5-9,12-14,19H,3-4,10-11,15H2,1-2H3,(H,25,30). The number of anilines is 1. The van der Waals surface area contributed by atoms with Crippen LogP contribution in [0.4, 0.5) is 5.69 Å². The van der Waals surface area contributed by atoms with Gasteiger partial charge in [0, 0.05) is 48.3 Å². The van der Waals surface area contributed by atoms with E-state index in [-0.39, 0.29) is 17.6 Å². The minimum absolute atomic E-state index is 0.0408. The van der Waals surface area contributed by atoms with Gasteiger partial charge in [-0.3, -0.25) is 19.1 Å². The van der Waals surface area contributed by atoms with Gasteiger partial charge in [-0.2, -0.15) is 0 Å². The van der Waals surface area contributed by atoms with Crippen molar-refractivity contribution in [2.24, 2.45) is 0 Å². The summed E-state index contributed by atoms with van der Waals surface area (Å²) in [7, 11) is 0. The van der Waals surface area contributed by atoms with Crippen molar-refractivity contribution in [3.05, 3.63) is 54.4 Å². The largest absolute Gasteiger partial charge is 0.339 e. The summed E-state index contributed by atoms with van der Waals surface area (Å²) in [5, 5.41) is 12.3.